The van der Waals surface area contributed by atoms with Crippen molar-refractivity contribution in [1.29, 1.82) is 0 Å². The number of nitrogens with zero attached hydrogens (tertiary/aromatic N) is 2. The Labute approximate surface area is 85.5 Å². The van der Waals surface area contributed by atoms with Gasteiger partial charge in [0, 0.05) is 18.3 Å². The fraction of sp³-hybridized carbons (Fsp3) is 0.545. The zero-order valence-corrected chi connectivity index (χ0v) is 9.09. The van der Waals surface area contributed by atoms with Crippen LogP contribution in [-0.2, 0) is 13.1 Å². The molecule has 1 rings (SSSR count). The van der Waals surface area contributed by atoms with E-state index in [1.54, 1.807) is 0 Å². The van der Waals surface area contributed by atoms with Crippen LogP contribution in [-0.4, -0.2) is 16.3 Å². The molecule has 0 fully saturated rings. The Morgan fingerprint density at radius 3 is 3.00 bits per heavy atom. The Morgan fingerprint density at radius 2 is 2.36 bits per heavy atom. The van der Waals surface area contributed by atoms with E-state index in [9.17, 15) is 0 Å². The second kappa shape index (κ2) is 5.46. The highest BCUT2D eigenvalue weighted by molar-refractivity contribution is 5.15. The fourth-order valence-corrected chi connectivity index (χ4v) is 1.23. The molecule has 0 aliphatic rings. The van der Waals surface area contributed by atoms with Gasteiger partial charge >= 0.3 is 0 Å². The molecule has 1 N–H and O–H groups in total. The van der Waals surface area contributed by atoms with Crippen LogP contribution in [0.5, 0.6) is 0 Å². The van der Waals surface area contributed by atoms with Gasteiger partial charge in [0.1, 0.15) is 6.54 Å². The van der Waals surface area contributed by atoms with E-state index in [0.717, 1.165) is 18.8 Å². The first kappa shape index (κ1) is 10.8. The van der Waals surface area contributed by atoms with E-state index in [2.05, 4.69) is 35.4 Å². The van der Waals surface area contributed by atoms with Crippen molar-refractivity contribution < 1.29 is 0 Å². The molecule has 3 heteroatoms. The maximum Gasteiger partial charge on any atom is 0.102 e. The lowest BCUT2D eigenvalue weighted by Crippen LogP contribution is -2.11. The molecule has 0 spiro atoms. The van der Waals surface area contributed by atoms with Gasteiger partial charge in [-0.15, -0.1) is 5.92 Å². The summed E-state index contributed by atoms with van der Waals surface area (Å²) in [7, 11) is 0. The summed E-state index contributed by atoms with van der Waals surface area (Å²) < 4.78 is 1.89. The normalized spacial score (nSPS) is 9.64. The highest BCUT2D eigenvalue weighted by atomic mass is 15.3. The molecule has 0 aromatic carbocycles. The third-order valence-corrected chi connectivity index (χ3v) is 2.03. The van der Waals surface area contributed by atoms with E-state index in [1.807, 2.05) is 18.5 Å². The van der Waals surface area contributed by atoms with Crippen molar-refractivity contribution >= 4 is 0 Å². The minimum absolute atomic E-state index is 0.684. The van der Waals surface area contributed by atoms with Gasteiger partial charge in [0.15, 0.2) is 0 Å². The van der Waals surface area contributed by atoms with Crippen molar-refractivity contribution in [1.82, 2.24) is 15.1 Å². The van der Waals surface area contributed by atoms with Gasteiger partial charge in [-0.1, -0.05) is 12.8 Å². The van der Waals surface area contributed by atoms with Crippen LogP contribution < -0.4 is 5.32 Å². The zero-order chi connectivity index (χ0) is 10.4. The SMILES string of the molecule is CC#CCn1cc(CNCC)c(C)n1. The van der Waals surface area contributed by atoms with Crippen LogP contribution in [0.15, 0.2) is 6.20 Å². The van der Waals surface area contributed by atoms with Crippen molar-refractivity contribution in [2.24, 2.45) is 0 Å². The topological polar surface area (TPSA) is 29.9 Å². The molecule has 3 nitrogen and oxygen atoms in total. The van der Waals surface area contributed by atoms with E-state index < -0.39 is 0 Å². The van der Waals surface area contributed by atoms with Gasteiger partial charge in [-0.3, -0.25) is 4.68 Å². The lowest BCUT2D eigenvalue weighted by Gasteiger charge is -1.97. The highest BCUT2D eigenvalue weighted by Crippen LogP contribution is 2.04. The summed E-state index contributed by atoms with van der Waals surface area (Å²) in [4.78, 5) is 0. The average Bonchev–Trinajstić information content (AvgIpc) is 2.53. The predicted octanol–water partition coefficient (Wildman–Crippen LogP) is 1.32. The maximum atomic E-state index is 4.38. The smallest absolute Gasteiger partial charge is 0.102 e. The number of hydrogen-bond donors (Lipinski definition) is 1. The van der Waals surface area contributed by atoms with Gasteiger partial charge in [0.05, 0.1) is 5.69 Å². The van der Waals surface area contributed by atoms with Crippen LogP contribution in [0, 0.1) is 18.8 Å². The van der Waals surface area contributed by atoms with Crippen molar-refractivity contribution in [3.8, 4) is 11.8 Å². The molecule has 0 unspecified atom stereocenters. The van der Waals surface area contributed by atoms with E-state index in [1.165, 1.54) is 5.56 Å². The molecule has 0 aliphatic carbocycles. The summed E-state index contributed by atoms with van der Waals surface area (Å²) in [5.74, 6) is 5.85. The Bertz CT molecular complexity index is 341. The van der Waals surface area contributed by atoms with E-state index in [4.69, 9.17) is 0 Å². The second-order valence-corrected chi connectivity index (χ2v) is 3.14. The number of rotatable bonds is 4. The van der Waals surface area contributed by atoms with Gasteiger partial charge in [0.25, 0.3) is 0 Å². The van der Waals surface area contributed by atoms with Crippen LogP contribution in [0.1, 0.15) is 25.1 Å². The lowest BCUT2D eigenvalue weighted by molar-refractivity contribution is 0.703. The summed E-state index contributed by atoms with van der Waals surface area (Å²) in [5, 5.41) is 7.66. The molecule has 76 valence electrons. The fourth-order valence-electron chi connectivity index (χ4n) is 1.23. The maximum absolute atomic E-state index is 4.38. The number of nitrogens with one attached hydrogen (secondary N) is 1. The first-order valence-electron chi connectivity index (χ1n) is 4.91. The van der Waals surface area contributed by atoms with Crippen molar-refractivity contribution in [2.45, 2.75) is 33.9 Å². The van der Waals surface area contributed by atoms with Crippen LogP contribution >= 0.6 is 0 Å². The molecule has 0 aliphatic heterocycles. The summed E-state index contributed by atoms with van der Waals surface area (Å²) in [5.41, 5.74) is 2.34. The van der Waals surface area contributed by atoms with E-state index in [0.29, 0.717) is 6.54 Å². The van der Waals surface area contributed by atoms with Crippen LogP contribution in [0.3, 0.4) is 0 Å². The molecule has 14 heavy (non-hydrogen) atoms. The molecule has 0 bridgehead atoms. The average molecular weight is 191 g/mol. The third kappa shape index (κ3) is 2.90. The van der Waals surface area contributed by atoms with Gasteiger partial charge in [0.2, 0.25) is 0 Å². The Balaban J connectivity index is 2.65. The predicted molar refractivity (Wildman–Crippen MR) is 57.8 cm³/mol. The van der Waals surface area contributed by atoms with Gasteiger partial charge in [-0.2, -0.15) is 5.10 Å². The lowest BCUT2D eigenvalue weighted by atomic mass is 10.2. The summed E-state index contributed by atoms with van der Waals surface area (Å²) in [6, 6.07) is 0. The molecule has 0 amide bonds. The Hall–Kier alpha value is -1.27. The van der Waals surface area contributed by atoms with Crippen molar-refractivity contribution in [3.05, 3.63) is 17.5 Å². The monoisotopic (exact) mass is 191 g/mol. The van der Waals surface area contributed by atoms with Crippen LogP contribution in [0.2, 0.25) is 0 Å². The minimum Gasteiger partial charge on any atom is -0.313 e. The molecular formula is C11H17N3. The second-order valence-electron chi connectivity index (χ2n) is 3.14. The Morgan fingerprint density at radius 1 is 1.57 bits per heavy atom. The Kier molecular flexibility index (Phi) is 4.21. The molecule has 0 saturated heterocycles. The van der Waals surface area contributed by atoms with Gasteiger partial charge in [-0.05, 0) is 20.4 Å². The summed E-state index contributed by atoms with van der Waals surface area (Å²) >= 11 is 0. The van der Waals surface area contributed by atoms with Crippen LogP contribution in [0.4, 0.5) is 0 Å². The third-order valence-electron chi connectivity index (χ3n) is 2.03. The molecule has 1 heterocycles. The molecule has 0 radical (unpaired) electrons. The largest absolute Gasteiger partial charge is 0.313 e. The molecule has 1 aromatic heterocycles. The number of hydrogen-bond acceptors (Lipinski definition) is 2. The van der Waals surface area contributed by atoms with E-state index >= 15 is 0 Å². The highest BCUT2D eigenvalue weighted by Gasteiger charge is 2.02. The summed E-state index contributed by atoms with van der Waals surface area (Å²) in [6.45, 7) is 8.53. The van der Waals surface area contributed by atoms with Crippen molar-refractivity contribution in [3.63, 3.8) is 0 Å². The summed E-state index contributed by atoms with van der Waals surface area (Å²) in [6.07, 6.45) is 2.06. The van der Waals surface area contributed by atoms with Crippen molar-refractivity contribution in [2.75, 3.05) is 6.54 Å². The molecule has 1 aromatic rings. The number of aromatic nitrogens is 2. The molecule has 0 atom stereocenters. The molecule has 0 saturated carbocycles. The van der Waals surface area contributed by atoms with Gasteiger partial charge < -0.3 is 5.32 Å². The van der Waals surface area contributed by atoms with Gasteiger partial charge in [-0.25, -0.2) is 0 Å². The molecular weight excluding hydrogens is 174 g/mol. The minimum atomic E-state index is 0.684. The standard InChI is InChI=1S/C11H17N3/c1-4-6-7-14-9-11(8-12-5-2)10(3)13-14/h9,12H,5,7-8H2,1-3H3. The zero-order valence-electron chi connectivity index (χ0n) is 9.09. The van der Waals surface area contributed by atoms with E-state index in [-0.39, 0.29) is 0 Å². The number of aryl methyl sites for hydroxylation is 1. The van der Waals surface area contributed by atoms with Crippen LogP contribution in [0.25, 0.3) is 0 Å². The first-order chi connectivity index (χ1) is 6.77. The first-order valence-corrected chi connectivity index (χ1v) is 4.91. The quantitative estimate of drug-likeness (QED) is 0.727.